The van der Waals surface area contributed by atoms with Crippen molar-refractivity contribution in [2.75, 3.05) is 17.8 Å². The Morgan fingerprint density at radius 1 is 0.821 bits per heavy atom. The quantitative estimate of drug-likeness (QED) is 0.214. The summed E-state index contributed by atoms with van der Waals surface area (Å²) >= 11 is 3.73. The van der Waals surface area contributed by atoms with E-state index in [2.05, 4.69) is 114 Å². The Labute approximate surface area is 187 Å². The monoisotopic (exact) mass is 505 g/mol. The molecule has 0 radical (unpaired) electrons. The maximum atomic E-state index is 6.68. The van der Waals surface area contributed by atoms with Crippen molar-refractivity contribution < 1.29 is 8.85 Å². The lowest BCUT2D eigenvalue weighted by Crippen LogP contribution is -2.44. The van der Waals surface area contributed by atoms with Crippen molar-refractivity contribution in [1.82, 2.24) is 0 Å². The second kappa shape index (κ2) is 9.07. The van der Waals surface area contributed by atoms with Crippen LogP contribution in [0.25, 0.3) is 0 Å². The Morgan fingerprint density at radius 3 is 1.43 bits per heavy atom. The van der Waals surface area contributed by atoms with Crippen molar-refractivity contribution in [3.05, 3.63) is 23.8 Å². The van der Waals surface area contributed by atoms with E-state index in [-0.39, 0.29) is 21.0 Å². The molecular formula is C22H42BrO2SSi2+. The number of benzene rings is 1. The third-order valence-electron chi connectivity index (χ3n) is 6.34. The first kappa shape index (κ1) is 26.1. The molecular weight excluding hydrogens is 464 g/mol. The Hall–Kier alpha value is 0.0838. The molecule has 1 aromatic carbocycles. The fourth-order valence-corrected chi connectivity index (χ4v) is 7.20. The van der Waals surface area contributed by atoms with E-state index in [1.165, 1.54) is 5.56 Å². The molecule has 0 heterocycles. The van der Waals surface area contributed by atoms with Gasteiger partial charge in [-0.2, -0.15) is 0 Å². The summed E-state index contributed by atoms with van der Waals surface area (Å²) in [6, 6.07) is 6.62. The van der Waals surface area contributed by atoms with Gasteiger partial charge in [-0.25, -0.2) is 0 Å². The molecule has 0 amide bonds. The third kappa shape index (κ3) is 6.54. The highest BCUT2D eigenvalue weighted by Gasteiger charge is 2.41. The molecule has 0 aromatic heterocycles. The SMILES string of the molecule is C[S+](C)C(CBr)c1cc(O[Si](C)(C)C(C)(C)C)cc(O[Si](C)(C)C(C)(C)C)c1. The first-order valence-electron chi connectivity index (χ1n) is 10.1. The highest BCUT2D eigenvalue weighted by atomic mass is 79.9. The van der Waals surface area contributed by atoms with Gasteiger partial charge in [0.25, 0.3) is 0 Å². The predicted molar refractivity (Wildman–Crippen MR) is 138 cm³/mol. The third-order valence-corrected chi connectivity index (χ3v) is 17.7. The smallest absolute Gasteiger partial charge is 0.250 e. The minimum Gasteiger partial charge on any atom is -0.543 e. The van der Waals surface area contributed by atoms with E-state index in [0.717, 1.165) is 16.8 Å². The van der Waals surface area contributed by atoms with Crippen LogP contribution in [0, 0.1) is 0 Å². The molecule has 0 aliphatic heterocycles. The van der Waals surface area contributed by atoms with Crippen molar-refractivity contribution in [2.24, 2.45) is 0 Å². The zero-order valence-corrected chi connectivity index (χ0v) is 24.5. The highest BCUT2D eigenvalue weighted by molar-refractivity contribution is 9.09. The minimum absolute atomic E-state index is 0.165. The second-order valence-electron chi connectivity index (χ2n) is 11.0. The Morgan fingerprint density at radius 2 is 1.18 bits per heavy atom. The van der Waals surface area contributed by atoms with Crippen molar-refractivity contribution in [1.29, 1.82) is 0 Å². The number of hydrogen-bond donors (Lipinski definition) is 0. The van der Waals surface area contributed by atoms with Crippen LogP contribution < -0.4 is 8.85 Å². The number of halogens is 1. The Balaban J connectivity index is 3.44. The molecule has 6 heteroatoms. The summed E-state index contributed by atoms with van der Waals surface area (Å²) in [7, 11) is -3.56. The van der Waals surface area contributed by atoms with E-state index in [0.29, 0.717) is 5.25 Å². The molecule has 1 atom stereocenters. The van der Waals surface area contributed by atoms with Crippen molar-refractivity contribution in [2.45, 2.75) is 83.1 Å². The average molecular weight is 507 g/mol. The molecule has 0 aliphatic rings. The maximum absolute atomic E-state index is 6.68. The summed E-state index contributed by atoms with van der Waals surface area (Å²) < 4.78 is 13.4. The van der Waals surface area contributed by atoms with Gasteiger partial charge in [0.05, 0.1) is 17.8 Å². The van der Waals surface area contributed by atoms with E-state index in [9.17, 15) is 0 Å². The Bertz CT molecular complexity index is 615. The van der Waals surface area contributed by atoms with Crippen molar-refractivity contribution in [3.8, 4) is 11.5 Å². The van der Waals surface area contributed by atoms with Gasteiger partial charge in [0.15, 0.2) is 5.25 Å². The average Bonchev–Trinajstić information content (AvgIpc) is 2.43. The van der Waals surface area contributed by atoms with E-state index in [4.69, 9.17) is 8.85 Å². The van der Waals surface area contributed by atoms with Gasteiger partial charge >= 0.3 is 0 Å². The highest BCUT2D eigenvalue weighted by Crippen LogP contribution is 2.42. The molecule has 0 spiro atoms. The van der Waals surface area contributed by atoms with Crippen LogP contribution in [0.2, 0.25) is 36.3 Å². The van der Waals surface area contributed by atoms with Crippen molar-refractivity contribution >= 4 is 43.5 Å². The zero-order chi connectivity index (χ0) is 22.1. The summed E-state index contributed by atoms with van der Waals surface area (Å²) in [5.41, 5.74) is 1.31. The van der Waals surface area contributed by atoms with Crippen molar-refractivity contribution in [3.63, 3.8) is 0 Å². The predicted octanol–water partition coefficient (Wildman–Crippen LogP) is 7.77. The first-order valence-corrected chi connectivity index (χ1v) is 19.1. The summed E-state index contributed by atoms with van der Waals surface area (Å²) in [5.74, 6) is 1.93. The fraction of sp³-hybridized carbons (Fsp3) is 0.727. The zero-order valence-electron chi connectivity index (χ0n) is 20.1. The van der Waals surface area contributed by atoms with Crippen LogP contribution in [-0.2, 0) is 10.9 Å². The molecule has 0 N–H and O–H groups in total. The summed E-state index contributed by atoms with van der Waals surface area (Å²) in [6.45, 7) is 22.9. The largest absolute Gasteiger partial charge is 0.543 e. The van der Waals surface area contributed by atoms with Crippen LogP contribution in [0.15, 0.2) is 18.2 Å². The van der Waals surface area contributed by atoms with E-state index >= 15 is 0 Å². The fourth-order valence-electron chi connectivity index (χ4n) is 2.28. The molecule has 162 valence electrons. The minimum atomic E-state index is -1.91. The lowest BCUT2D eigenvalue weighted by Gasteiger charge is -2.38. The molecule has 0 fully saturated rings. The van der Waals surface area contributed by atoms with Gasteiger partial charge in [-0.1, -0.05) is 57.5 Å². The molecule has 2 nitrogen and oxygen atoms in total. The standard InChI is InChI=1S/C22H42BrO2SSi2/c1-21(2,3)27(9,10)24-18-13-17(20(16-23)26(7)8)14-19(15-18)25-28(11,12)22(4,5)6/h13-15,20H,16H2,1-12H3/q+1. The van der Waals surface area contributed by atoms with Crippen LogP contribution in [0.3, 0.4) is 0 Å². The summed E-state index contributed by atoms with van der Waals surface area (Å²) in [4.78, 5) is 0. The molecule has 0 bridgehead atoms. The van der Waals surface area contributed by atoms with Gasteiger partial charge in [0, 0.05) is 11.6 Å². The van der Waals surface area contributed by atoms with E-state index in [1.807, 2.05) is 0 Å². The molecule has 0 aliphatic carbocycles. The summed E-state index contributed by atoms with van der Waals surface area (Å²) in [6.07, 6.45) is 4.61. The van der Waals surface area contributed by atoms with Crippen LogP contribution in [0.1, 0.15) is 52.4 Å². The topological polar surface area (TPSA) is 18.5 Å². The molecule has 1 unspecified atom stereocenters. The normalized spacial score (nSPS) is 14.9. The molecule has 1 rings (SSSR count). The van der Waals surface area contributed by atoms with Gasteiger partial charge in [0.1, 0.15) is 11.5 Å². The van der Waals surface area contributed by atoms with Gasteiger partial charge in [-0.15, -0.1) is 0 Å². The summed E-state index contributed by atoms with van der Waals surface area (Å²) in [5, 5.41) is 1.74. The Kier molecular flexibility index (Phi) is 8.46. The van der Waals surface area contributed by atoms with Gasteiger partial charge < -0.3 is 8.85 Å². The van der Waals surface area contributed by atoms with Gasteiger partial charge in [-0.05, 0) is 59.3 Å². The molecule has 28 heavy (non-hydrogen) atoms. The number of rotatable bonds is 7. The molecule has 0 saturated heterocycles. The van der Waals surface area contributed by atoms with E-state index < -0.39 is 16.6 Å². The van der Waals surface area contributed by atoms with Crippen LogP contribution in [0.5, 0.6) is 11.5 Å². The number of alkyl halides is 1. The van der Waals surface area contributed by atoms with Gasteiger partial charge in [0.2, 0.25) is 16.6 Å². The first-order chi connectivity index (χ1) is 12.4. The molecule has 0 saturated carbocycles. The lowest BCUT2D eigenvalue weighted by atomic mass is 10.1. The van der Waals surface area contributed by atoms with Crippen LogP contribution in [0.4, 0.5) is 0 Å². The van der Waals surface area contributed by atoms with Crippen LogP contribution in [-0.4, -0.2) is 34.5 Å². The lowest BCUT2D eigenvalue weighted by molar-refractivity contribution is 0.473. The maximum Gasteiger partial charge on any atom is 0.250 e. The molecule has 1 aromatic rings. The van der Waals surface area contributed by atoms with E-state index in [1.54, 1.807) is 0 Å². The number of hydrogen-bond acceptors (Lipinski definition) is 2. The van der Waals surface area contributed by atoms with Crippen LogP contribution >= 0.6 is 15.9 Å². The van der Waals surface area contributed by atoms with Gasteiger partial charge in [-0.3, -0.25) is 0 Å². The second-order valence-corrected chi connectivity index (χ2v) is 23.4.